The minimum absolute atomic E-state index is 0.635. The first-order chi connectivity index (χ1) is 12.6. The maximum atomic E-state index is 4.54. The van der Waals surface area contributed by atoms with E-state index in [1.807, 2.05) is 17.6 Å². The lowest BCUT2D eigenvalue weighted by Gasteiger charge is -2.26. The average molecular weight is 350 g/mol. The lowest BCUT2D eigenvalue weighted by molar-refractivity contribution is 0.533. The second-order valence-electron chi connectivity index (χ2n) is 7.48. The first-order valence-corrected chi connectivity index (χ1v) is 9.05. The Morgan fingerprint density at radius 2 is 1.65 bits per heavy atom. The van der Waals surface area contributed by atoms with Crippen LogP contribution in [0.3, 0.4) is 0 Å². The zero-order valence-electron chi connectivity index (χ0n) is 15.3. The van der Waals surface area contributed by atoms with Gasteiger partial charge in [0.15, 0.2) is 0 Å². The Bertz CT molecular complexity index is 966. The molecule has 0 aliphatic carbocycles. The third-order valence-electron chi connectivity index (χ3n) is 5.83. The molecule has 2 aliphatic rings. The van der Waals surface area contributed by atoms with Gasteiger partial charge >= 0.3 is 0 Å². The maximum absolute atomic E-state index is 4.54. The third-order valence-corrected chi connectivity index (χ3v) is 5.83. The Balaban J connectivity index is 1.42. The van der Waals surface area contributed by atoms with Crippen molar-refractivity contribution in [3.05, 3.63) is 35.7 Å². The Morgan fingerprint density at radius 1 is 0.923 bits per heavy atom. The Kier molecular flexibility index (Phi) is 3.35. The number of nitrogens with zero attached hydrogens (tertiary/aromatic N) is 8. The van der Waals surface area contributed by atoms with Crippen molar-refractivity contribution < 1.29 is 0 Å². The molecule has 8 nitrogen and oxygen atoms in total. The minimum Gasteiger partial charge on any atom is -0.356 e. The minimum atomic E-state index is 0.635. The highest BCUT2D eigenvalue weighted by Gasteiger charge is 2.42. The highest BCUT2D eigenvalue weighted by molar-refractivity contribution is 5.55. The Morgan fingerprint density at radius 3 is 2.38 bits per heavy atom. The van der Waals surface area contributed by atoms with Gasteiger partial charge in [0.25, 0.3) is 5.78 Å². The number of anilines is 2. The predicted molar refractivity (Wildman–Crippen MR) is 98.4 cm³/mol. The highest BCUT2D eigenvalue weighted by Crippen LogP contribution is 2.37. The summed E-state index contributed by atoms with van der Waals surface area (Å²) in [5, 5.41) is 4.41. The summed E-state index contributed by atoms with van der Waals surface area (Å²) in [6, 6.07) is 0. The molecular formula is C18H22N8. The summed E-state index contributed by atoms with van der Waals surface area (Å²) in [7, 11) is 0. The molecule has 2 aliphatic heterocycles. The van der Waals surface area contributed by atoms with Gasteiger partial charge in [-0.15, -0.1) is 0 Å². The van der Waals surface area contributed by atoms with Crippen LogP contribution in [0.2, 0.25) is 0 Å². The van der Waals surface area contributed by atoms with E-state index in [0.29, 0.717) is 17.6 Å². The van der Waals surface area contributed by atoms with Crippen molar-refractivity contribution >= 4 is 17.4 Å². The number of rotatable bonds is 2. The van der Waals surface area contributed by atoms with Gasteiger partial charge in [-0.05, 0) is 20.8 Å². The zero-order chi connectivity index (χ0) is 17.8. The van der Waals surface area contributed by atoms with Crippen molar-refractivity contribution in [3.63, 3.8) is 0 Å². The van der Waals surface area contributed by atoms with E-state index >= 15 is 0 Å². The van der Waals surface area contributed by atoms with E-state index in [1.54, 1.807) is 12.7 Å². The van der Waals surface area contributed by atoms with E-state index in [2.05, 4.69) is 48.7 Å². The van der Waals surface area contributed by atoms with Crippen molar-refractivity contribution in [2.24, 2.45) is 11.8 Å². The molecule has 134 valence electrons. The maximum Gasteiger partial charge on any atom is 0.254 e. The van der Waals surface area contributed by atoms with Gasteiger partial charge < -0.3 is 9.80 Å². The summed E-state index contributed by atoms with van der Waals surface area (Å²) < 4.78 is 1.88. The SMILES string of the molecule is Cc1cncnc1N1CC2CN(c3c(C)c(C)nc4ncnn34)CC2C1. The monoisotopic (exact) mass is 350 g/mol. The number of aromatic nitrogens is 6. The molecule has 0 radical (unpaired) electrons. The molecule has 3 aromatic rings. The van der Waals surface area contributed by atoms with E-state index in [4.69, 9.17) is 0 Å². The number of fused-ring (bicyclic) bond motifs is 2. The van der Waals surface area contributed by atoms with Gasteiger partial charge in [0.05, 0.1) is 0 Å². The summed E-state index contributed by atoms with van der Waals surface area (Å²) in [5.41, 5.74) is 3.36. The van der Waals surface area contributed by atoms with E-state index in [1.165, 1.54) is 5.56 Å². The summed E-state index contributed by atoms with van der Waals surface area (Å²) in [6.07, 6.45) is 5.13. The number of hydrogen-bond acceptors (Lipinski definition) is 7. The van der Waals surface area contributed by atoms with Gasteiger partial charge in [-0.1, -0.05) is 0 Å². The molecule has 0 bridgehead atoms. The standard InChI is InChI=1S/C18H22N8/c1-11-4-19-9-20-16(11)24-5-14-7-25(8-15(14)6-24)17-12(2)13(3)23-18-21-10-22-26(17)18/h4,9-10,14-15H,5-8H2,1-3H3. The van der Waals surface area contributed by atoms with Crippen LogP contribution in [0.1, 0.15) is 16.8 Å². The lowest BCUT2D eigenvalue weighted by Crippen LogP contribution is -2.31. The summed E-state index contributed by atoms with van der Waals surface area (Å²) in [4.78, 5) is 22.3. The van der Waals surface area contributed by atoms with Crippen molar-refractivity contribution in [2.75, 3.05) is 36.0 Å². The van der Waals surface area contributed by atoms with Gasteiger partial charge in [-0.3, -0.25) is 0 Å². The highest BCUT2D eigenvalue weighted by atomic mass is 15.4. The normalized spacial score (nSPS) is 22.4. The first kappa shape index (κ1) is 15.5. The molecule has 0 amide bonds. The summed E-state index contributed by atoms with van der Waals surface area (Å²) in [6.45, 7) is 10.4. The molecular weight excluding hydrogens is 328 g/mol. The van der Waals surface area contributed by atoms with Crippen LogP contribution in [-0.4, -0.2) is 55.7 Å². The molecule has 2 unspecified atom stereocenters. The molecule has 5 heterocycles. The molecule has 0 N–H and O–H groups in total. The molecule has 5 rings (SSSR count). The van der Waals surface area contributed by atoms with Gasteiger partial charge in [-0.2, -0.15) is 14.6 Å². The zero-order valence-corrected chi connectivity index (χ0v) is 15.3. The topological polar surface area (TPSA) is 75.3 Å². The lowest BCUT2D eigenvalue weighted by atomic mass is 10.0. The van der Waals surface area contributed by atoms with E-state index in [-0.39, 0.29) is 0 Å². The molecule has 2 saturated heterocycles. The van der Waals surface area contributed by atoms with Crippen molar-refractivity contribution in [2.45, 2.75) is 20.8 Å². The van der Waals surface area contributed by atoms with Crippen LogP contribution in [0.15, 0.2) is 18.9 Å². The van der Waals surface area contributed by atoms with Crippen LogP contribution in [-0.2, 0) is 0 Å². The molecule has 0 saturated carbocycles. The Labute approximate surface area is 151 Å². The first-order valence-electron chi connectivity index (χ1n) is 9.05. The molecule has 0 spiro atoms. The third kappa shape index (κ3) is 2.24. The van der Waals surface area contributed by atoms with Crippen LogP contribution >= 0.6 is 0 Å². The largest absolute Gasteiger partial charge is 0.356 e. The summed E-state index contributed by atoms with van der Waals surface area (Å²) in [5.74, 6) is 4.17. The number of hydrogen-bond donors (Lipinski definition) is 0. The molecule has 2 fully saturated rings. The van der Waals surface area contributed by atoms with E-state index in [9.17, 15) is 0 Å². The van der Waals surface area contributed by atoms with Crippen LogP contribution in [0.25, 0.3) is 5.78 Å². The fraction of sp³-hybridized carbons (Fsp3) is 0.500. The van der Waals surface area contributed by atoms with E-state index in [0.717, 1.165) is 49.1 Å². The van der Waals surface area contributed by atoms with Crippen molar-refractivity contribution in [1.82, 2.24) is 29.5 Å². The fourth-order valence-corrected chi connectivity index (χ4v) is 4.45. The average Bonchev–Trinajstić information content (AvgIpc) is 3.30. The van der Waals surface area contributed by atoms with Gasteiger partial charge in [0, 0.05) is 61.0 Å². The molecule has 26 heavy (non-hydrogen) atoms. The van der Waals surface area contributed by atoms with Gasteiger partial charge in [0.2, 0.25) is 0 Å². The molecule has 0 aromatic carbocycles. The van der Waals surface area contributed by atoms with Crippen LogP contribution < -0.4 is 9.80 Å². The van der Waals surface area contributed by atoms with Crippen molar-refractivity contribution in [1.29, 1.82) is 0 Å². The van der Waals surface area contributed by atoms with E-state index < -0.39 is 0 Å². The van der Waals surface area contributed by atoms with Gasteiger partial charge in [-0.25, -0.2) is 15.0 Å². The quantitative estimate of drug-likeness (QED) is 0.692. The van der Waals surface area contributed by atoms with Crippen LogP contribution in [0, 0.1) is 32.6 Å². The second kappa shape index (κ2) is 5.62. The molecule has 3 aromatic heterocycles. The fourth-order valence-electron chi connectivity index (χ4n) is 4.45. The second-order valence-corrected chi connectivity index (χ2v) is 7.48. The molecule has 2 atom stereocenters. The number of aryl methyl sites for hydroxylation is 2. The molecule has 8 heteroatoms. The van der Waals surface area contributed by atoms with Crippen LogP contribution in [0.4, 0.5) is 11.6 Å². The van der Waals surface area contributed by atoms with Crippen LogP contribution in [0.5, 0.6) is 0 Å². The summed E-state index contributed by atoms with van der Waals surface area (Å²) >= 11 is 0. The van der Waals surface area contributed by atoms with Crippen molar-refractivity contribution in [3.8, 4) is 0 Å². The Hall–Kier alpha value is -2.77. The smallest absolute Gasteiger partial charge is 0.254 e. The van der Waals surface area contributed by atoms with Gasteiger partial charge in [0.1, 0.15) is 24.3 Å². The predicted octanol–water partition coefficient (Wildman–Crippen LogP) is 1.41.